The van der Waals surface area contributed by atoms with Gasteiger partial charge in [0, 0.05) is 18.5 Å². The van der Waals surface area contributed by atoms with E-state index in [0.29, 0.717) is 6.54 Å². The summed E-state index contributed by atoms with van der Waals surface area (Å²) in [5.74, 6) is 0.966. The van der Waals surface area contributed by atoms with Gasteiger partial charge in [-0.05, 0) is 38.0 Å². The maximum Gasteiger partial charge on any atom is 0.129 e. The first-order chi connectivity index (χ1) is 8.64. The number of aliphatic hydroxyl groups is 1. The Hall–Kier alpha value is -1.61. The molecule has 1 saturated heterocycles. The van der Waals surface area contributed by atoms with Crippen LogP contribution in [0.3, 0.4) is 0 Å². The average Bonchev–Trinajstić information content (AvgIpc) is 2.37. The normalized spacial score (nSPS) is 24.4. The first-order valence-electron chi connectivity index (χ1n) is 6.47. The quantitative estimate of drug-likeness (QED) is 0.835. The standard InChI is InChI=1S/C15H18N2O/c1-15(18)9-4-10-17(11-15)14-8-7-12-5-2-3-6-13(12)16-14/h2-3,5-8,18H,4,9-11H2,1H3. The van der Waals surface area contributed by atoms with Crippen LogP contribution in [0, 0.1) is 0 Å². The van der Waals surface area contributed by atoms with Gasteiger partial charge in [0.2, 0.25) is 0 Å². The van der Waals surface area contributed by atoms with Crippen LogP contribution >= 0.6 is 0 Å². The van der Waals surface area contributed by atoms with E-state index in [2.05, 4.69) is 22.0 Å². The van der Waals surface area contributed by atoms with Gasteiger partial charge in [-0.2, -0.15) is 0 Å². The molecule has 0 spiro atoms. The molecule has 1 fully saturated rings. The number of rotatable bonds is 1. The van der Waals surface area contributed by atoms with Gasteiger partial charge in [0.05, 0.1) is 11.1 Å². The molecule has 0 amide bonds. The monoisotopic (exact) mass is 242 g/mol. The second kappa shape index (κ2) is 4.25. The Labute approximate surface area is 107 Å². The Morgan fingerprint density at radius 1 is 1.22 bits per heavy atom. The lowest BCUT2D eigenvalue weighted by Gasteiger charge is -2.37. The zero-order chi connectivity index (χ0) is 12.6. The lowest BCUT2D eigenvalue weighted by Crippen LogP contribution is -2.46. The summed E-state index contributed by atoms with van der Waals surface area (Å²) in [5.41, 5.74) is 0.422. The Kier molecular flexibility index (Phi) is 2.71. The number of para-hydroxylation sites is 1. The second-order valence-electron chi connectivity index (χ2n) is 5.38. The number of piperidine rings is 1. The van der Waals surface area contributed by atoms with E-state index in [9.17, 15) is 5.11 Å². The van der Waals surface area contributed by atoms with E-state index in [-0.39, 0.29) is 0 Å². The van der Waals surface area contributed by atoms with Gasteiger partial charge in [-0.15, -0.1) is 0 Å². The topological polar surface area (TPSA) is 36.4 Å². The van der Waals surface area contributed by atoms with Crippen LogP contribution in [-0.4, -0.2) is 28.8 Å². The van der Waals surface area contributed by atoms with E-state index in [4.69, 9.17) is 0 Å². The van der Waals surface area contributed by atoms with Crippen LogP contribution in [0.4, 0.5) is 5.82 Å². The van der Waals surface area contributed by atoms with Crippen LogP contribution in [0.15, 0.2) is 36.4 Å². The first kappa shape index (κ1) is 11.5. The van der Waals surface area contributed by atoms with E-state index >= 15 is 0 Å². The number of pyridine rings is 1. The van der Waals surface area contributed by atoms with Crippen LogP contribution in [-0.2, 0) is 0 Å². The molecule has 2 heterocycles. The predicted molar refractivity (Wildman–Crippen MR) is 73.8 cm³/mol. The molecule has 0 aliphatic carbocycles. The zero-order valence-electron chi connectivity index (χ0n) is 10.6. The van der Waals surface area contributed by atoms with Crippen molar-refractivity contribution in [3.63, 3.8) is 0 Å². The third-order valence-corrected chi connectivity index (χ3v) is 3.58. The highest BCUT2D eigenvalue weighted by Gasteiger charge is 2.28. The fourth-order valence-corrected chi connectivity index (χ4v) is 2.65. The van der Waals surface area contributed by atoms with Crippen molar-refractivity contribution in [3.05, 3.63) is 36.4 Å². The molecule has 2 aromatic rings. The minimum atomic E-state index is -0.592. The molecule has 1 aromatic heterocycles. The van der Waals surface area contributed by atoms with Crippen molar-refractivity contribution in [3.8, 4) is 0 Å². The van der Waals surface area contributed by atoms with Crippen molar-refractivity contribution in [2.45, 2.75) is 25.4 Å². The largest absolute Gasteiger partial charge is 0.388 e. The molecule has 1 N–H and O–H groups in total. The van der Waals surface area contributed by atoms with Crippen molar-refractivity contribution in [2.24, 2.45) is 0 Å². The van der Waals surface area contributed by atoms with Crippen molar-refractivity contribution in [2.75, 3.05) is 18.0 Å². The third-order valence-electron chi connectivity index (χ3n) is 3.58. The van der Waals surface area contributed by atoms with E-state index in [0.717, 1.165) is 36.1 Å². The number of anilines is 1. The van der Waals surface area contributed by atoms with Crippen molar-refractivity contribution >= 4 is 16.7 Å². The third kappa shape index (κ3) is 2.18. The molecule has 0 radical (unpaired) electrons. The molecule has 18 heavy (non-hydrogen) atoms. The number of aromatic nitrogens is 1. The van der Waals surface area contributed by atoms with Gasteiger partial charge in [-0.1, -0.05) is 18.2 Å². The van der Waals surface area contributed by atoms with Gasteiger partial charge in [0.1, 0.15) is 5.82 Å². The van der Waals surface area contributed by atoms with Crippen LogP contribution in [0.2, 0.25) is 0 Å². The van der Waals surface area contributed by atoms with Crippen molar-refractivity contribution in [1.29, 1.82) is 0 Å². The fourth-order valence-electron chi connectivity index (χ4n) is 2.65. The Balaban J connectivity index is 1.94. The van der Waals surface area contributed by atoms with E-state index in [1.807, 2.05) is 31.2 Å². The molecular formula is C15H18N2O. The highest BCUT2D eigenvalue weighted by atomic mass is 16.3. The molecule has 1 aliphatic heterocycles. The highest BCUT2D eigenvalue weighted by molar-refractivity contribution is 5.80. The molecule has 3 rings (SSSR count). The van der Waals surface area contributed by atoms with Gasteiger partial charge < -0.3 is 10.0 Å². The Bertz CT molecular complexity index is 565. The number of hydrogen-bond donors (Lipinski definition) is 1. The molecule has 1 aliphatic rings. The second-order valence-corrected chi connectivity index (χ2v) is 5.38. The zero-order valence-corrected chi connectivity index (χ0v) is 10.6. The van der Waals surface area contributed by atoms with Gasteiger partial charge in [0.25, 0.3) is 0 Å². The minimum absolute atomic E-state index is 0.592. The van der Waals surface area contributed by atoms with Crippen LogP contribution < -0.4 is 4.90 Å². The minimum Gasteiger partial charge on any atom is -0.388 e. The fraction of sp³-hybridized carbons (Fsp3) is 0.400. The SMILES string of the molecule is CC1(O)CCCN(c2ccc3ccccc3n2)C1. The average molecular weight is 242 g/mol. The summed E-state index contributed by atoms with van der Waals surface area (Å²) in [5, 5.41) is 11.3. The number of β-amino-alcohol motifs (C(OH)–C–C–N with tert-alkyl or cyclic N) is 1. The number of hydrogen-bond acceptors (Lipinski definition) is 3. The van der Waals surface area contributed by atoms with Gasteiger partial charge in [-0.25, -0.2) is 4.98 Å². The summed E-state index contributed by atoms with van der Waals surface area (Å²) >= 11 is 0. The van der Waals surface area contributed by atoms with E-state index in [1.165, 1.54) is 0 Å². The molecule has 3 nitrogen and oxygen atoms in total. The summed E-state index contributed by atoms with van der Waals surface area (Å²) in [4.78, 5) is 6.86. The molecule has 3 heteroatoms. The summed E-state index contributed by atoms with van der Waals surface area (Å²) in [6.45, 7) is 3.54. The molecular weight excluding hydrogens is 224 g/mol. The number of nitrogens with zero attached hydrogens (tertiary/aromatic N) is 2. The van der Waals surface area contributed by atoms with Gasteiger partial charge >= 0.3 is 0 Å². The first-order valence-corrected chi connectivity index (χ1v) is 6.47. The summed E-state index contributed by atoms with van der Waals surface area (Å²) in [7, 11) is 0. The van der Waals surface area contributed by atoms with E-state index in [1.54, 1.807) is 0 Å². The molecule has 94 valence electrons. The van der Waals surface area contributed by atoms with Crippen LogP contribution in [0.5, 0.6) is 0 Å². The Morgan fingerprint density at radius 3 is 2.89 bits per heavy atom. The van der Waals surface area contributed by atoms with Gasteiger partial charge in [0.15, 0.2) is 0 Å². The number of fused-ring (bicyclic) bond motifs is 1. The number of benzene rings is 1. The smallest absolute Gasteiger partial charge is 0.129 e. The lowest BCUT2D eigenvalue weighted by atomic mass is 9.95. The summed E-state index contributed by atoms with van der Waals surface area (Å²) in [6, 6.07) is 12.3. The predicted octanol–water partition coefficient (Wildman–Crippen LogP) is 2.59. The van der Waals surface area contributed by atoms with E-state index < -0.39 is 5.60 Å². The van der Waals surface area contributed by atoms with Crippen LogP contribution in [0.25, 0.3) is 10.9 Å². The molecule has 1 aromatic carbocycles. The summed E-state index contributed by atoms with van der Waals surface area (Å²) in [6.07, 6.45) is 1.89. The van der Waals surface area contributed by atoms with Crippen molar-refractivity contribution < 1.29 is 5.11 Å². The molecule has 0 bridgehead atoms. The molecule has 1 unspecified atom stereocenters. The maximum atomic E-state index is 10.2. The van der Waals surface area contributed by atoms with Crippen LogP contribution in [0.1, 0.15) is 19.8 Å². The van der Waals surface area contributed by atoms with Gasteiger partial charge in [-0.3, -0.25) is 0 Å². The molecule has 1 atom stereocenters. The lowest BCUT2D eigenvalue weighted by molar-refractivity contribution is 0.0447. The molecule has 0 saturated carbocycles. The maximum absolute atomic E-state index is 10.2. The Morgan fingerprint density at radius 2 is 2.06 bits per heavy atom. The highest BCUT2D eigenvalue weighted by Crippen LogP contribution is 2.25. The van der Waals surface area contributed by atoms with Crippen molar-refractivity contribution in [1.82, 2.24) is 4.98 Å². The summed E-state index contributed by atoms with van der Waals surface area (Å²) < 4.78 is 0.